The molecule has 14 nitrogen and oxygen atoms in total. The van der Waals surface area contributed by atoms with Crippen LogP contribution < -0.4 is 0 Å². The third-order valence-electron chi connectivity index (χ3n) is 17.5. The van der Waals surface area contributed by atoms with Crippen molar-refractivity contribution in [3.8, 4) is 0 Å². The predicted molar refractivity (Wildman–Crippen MR) is 296 cm³/mol. The first-order valence-electron chi connectivity index (χ1n) is 28.8. The van der Waals surface area contributed by atoms with E-state index in [9.17, 15) is 20.1 Å². The fraction of sp³-hybridized carbons (Fsp3) is 0.730. The van der Waals surface area contributed by atoms with Gasteiger partial charge in [-0.1, -0.05) is 120 Å². The van der Waals surface area contributed by atoms with Crippen molar-refractivity contribution in [1.82, 2.24) is 0 Å². The van der Waals surface area contributed by atoms with Crippen LogP contribution in [0.3, 0.4) is 0 Å². The van der Waals surface area contributed by atoms with E-state index >= 15 is 0 Å². The standard InChI is InChI=1S/C48H72O14.C15H24/c1-11-25(2)43-28(5)17-18-47(62-43)23-34-20-33(61-47)16-15-27(4)42(26(3)13-12-14-32-24-55-45-40(49)29(6)19-35(46(51)58-34)48(32,45)52)59-39-22-37(54-10)44(31(8)57-39)60-38-21-36(53-9)41(50)30(7)56-38;1-13-7-5-8-14(2)10-12-15(3,4)11-6-9-13/h12-15,17-19,25-26,28,30-31,33-45,49-50,52H,11,16,20-24H2,1-10H3;6-7,10-11H,5,8-9,12H2,1-4H3. The van der Waals surface area contributed by atoms with E-state index in [2.05, 4.69) is 91.8 Å². The van der Waals surface area contributed by atoms with Crippen LogP contribution in [0.25, 0.3) is 0 Å². The summed E-state index contributed by atoms with van der Waals surface area (Å²) in [6.45, 7) is 25.2. The average Bonchev–Trinajstić information content (AvgIpc) is 3.79. The average molecular weight is 1080 g/mol. The SMILES string of the molecule is CC1=CCCC(C)=CCC(C)(C)C=CC1.CCC(C)C1OC2(C=CC1C)CC1CC(CC=C(C)C(OC3CC(OC)C(OC4CC(OC)C(O)C(C)O4)C(C)O3)C(C)C=CC=C3COC4C(O)C(C)=CC(C(=O)O1)C34O)O2. The summed E-state index contributed by atoms with van der Waals surface area (Å²) in [6, 6.07) is 0. The highest BCUT2D eigenvalue weighted by molar-refractivity contribution is 5.78. The van der Waals surface area contributed by atoms with E-state index in [0.29, 0.717) is 48.7 Å². The molecule has 0 aromatic heterocycles. The summed E-state index contributed by atoms with van der Waals surface area (Å²) in [5.74, 6) is -2.56. The zero-order valence-electron chi connectivity index (χ0n) is 48.9. The molecule has 0 amide bonds. The smallest absolute Gasteiger partial charge is 0.316 e. The molecule has 0 aromatic carbocycles. The van der Waals surface area contributed by atoms with Gasteiger partial charge in [0, 0.05) is 51.7 Å². The second kappa shape index (κ2) is 26.7. The molecule has 14 heteroatoms. The van der Waals surface area contributed by atoms with Gasteiger partial charge in [0.15, 0.2) is 18.4 Å². The number of carbonyl (C=O) groups excluding carboxylic acids is 1. The Morgan fingerprint density at radius 1 is 0.818 bits per heavy atom. The molecule has 8 aliphatic rings. The molecule has 77 heavy (non-hydrogen) atoms. The molecule has 0 saturated carbocycles. The van der Waals surface area contributed by atoms with Crippen molar-refractivity contribution in [2.24, 2.45) is 29.1 Å². The number of rotatable bonds is 8. The Bertz CT molecular complexity index is 2240. The van der Waals surface area contributed by atoms with Crippen LogP contribution in [0, 0.1) is 29.1 Å². The molecule has 3 N–H and O–H groups in total. The van der Waals surface area contributed by atoms with Crippen LogP contribution in [0.15, 0.2) is 94.7 Å². The number of ether oxygens (including phenoxy) is 10. The number of allylic oxidation sites excluding steroid dienone is 8. The normalized spacial score (nSPS) is 42.2. The fourth-order valence-electron chi connectivity index (χ4n) is 12.4. The summed E-state index contributed by atoms with van der Waals surface area (Å²) >= 11 is 0. The second-order valence-corrected chi connectivity index (χ2v) is 24.4. The minimum Gasteiger partial charge on any atom is -0.462 e. The van der Waals surface area contributed by atoms with Crippen LogP contribution in [0.1, 0.15) is 147 Å². The third-order valence-corrected chi connectivity index (χ3v) is 17.5. The Morgan fingerprint density at radius 2 is 1.53 bits per heavy atom. The molecule has 20 unspecified atom stereocenters. The summed E-state index contributed by atoms with van der Waals surface area (Å²) in [7, 11) is 3.22. The summed E-state index contributed by atoms with van der Waals surface area (Å²) in [5, 5.41) is 34.2. The van der Waals surface area contributed by atoms with E-state index in [1.54, 1.807) is 40.2 Å². The molecule has 6 aliphatic heterocycles. The van der Waals surface area contributed by atoms with Crippen molar-refractivity contribution in [2.75, 3.05) is 20.8 Å². The van der Waals surface area contributed by atoms with Crippen LogP contribution in [-0.4, -0.2) is 139 Å². The molecule has 20 atom stereocenters. The molecule has 2 aliphatic carbocycles. The van der Waals surface area contributed by atoms with Crippen molar-refractivity contribution >= 4 is 5.97 Å². The van der Waals surface area contributed by atoms with Crippen molar-refractivity contribution in [3.63, 3.8) is 0 Å². The first-order valence-corrected chi connectivity index (χ1v) is 28.8. The van der Waals surface area contributed by atoms with E-state index in [4.69, 9.17) is 47.4 Å². The zero-order valence-corrected chi connectivity index (χ0v) is 48.9. The lowest BCUT2D eigenvalue weighted by atomic mass is 9.71. The Kier molecular flexibility index (Phi) is 21.3. The molecular weight excluding hydrogens is 981 g/mol. The van der Waals surface area contributed by atoms with Gasteiger partial charge in [0.25, 0.3) is 0 Å². The molecule has 8 rings (SSSR count). The van der Waals surface area contributed by atoms with Gasteiger partial charge in [0.2, 0.25) is 0 Å². The lowest BCUT2D eigenvalue weighted by Gasteiger charge is -2.48. The maximum atomic E-state index is 14.3. The molecular formula is C63H96O14. The first-order chi connectivity index (χ1) is 36.5. The Balaban J connectivity index is 0.000000495. The van der Waals surface area contributed by atoms with Gasteiger partial charge in [-0.15, -0.1) is 0 Å². The fourth-order valence-corrected chi connectivity index (χ4v) is 12.4. The lowest BCUT2D eigenvalue weighted by molar-refractivity contribution is -0.318. The molecule has 2 bridgehead atoms. The Labute approximate surface area is 460 Å². The maximum absolute atomic E-state index is 14.3. The van der Waals surface area contributed by atoms with Gasteiger partial charge in [-0.25, -0.2) is 0 Å². The van der Waals surface area contributed by atoms with Gasteiger partial charge in [-0.3, -0.25) is 4.79 Å². The van der Waals surface area contributed by atoms with Crippen LogP contribution in [0.5, 0.6) is 0 Å². The van der Waals surface area contributed by atoms with Gasteiger partial charge in [0.05, 0.1) is 49.3 Å². The van der Waals surface area contributed by atoms with Gasteiger partial charge in [0.1, 0.15) is 42.0 Å². The van der Waals surface area contributed by atoms with Gasteiger partial charge in [-0.2, -0.15) is 0 Å². The number of fused-ring (bicyclic) bond motifs is 2. The molecule has 4 fully saturated rings. The largest absolute Gasteiger partial charge is 0.462 e. The number of carbonyl (C=O) groups is 1. The van der Waals surface area contributed by atoms with Gasteiger partial charge >= 0.3 is 5.97 Å². The number of hydrogen-bond donors (Lipinski definition) is 3. The van der Waals surface area contributed by atoms with E-state index in [1.165, 1.54) is 24.0 Å². The highest BCUT2D eigenvalue weighted by Crippen LogP contribution is 2.47. The molecule has 0 radical (unpaired) electrons. The molecule has 0 aromatic rings. The van der Waals surface area contributed by atoms with Gasteiger partial charge < -0.3 is 62.7 Å². The van der Waals surface area contributed by atoms with Crippen LogP contribution >= 0.6 is 0 Å². The minimum atomic E-state index is -1.84. The molecule has 6 heterocycles. The lowest BCUT2D eigenvalue weighted by Crippen LogP contribution is -2.58. The van der Waals surface area contributed by atoms with E-state index < -0.39 is 90.8 Å². The quantitative estimate of drug-likeness (QED) is 0.155. The number of aliphatic hydroxyl groups is 3. The van der Waals surface area contributed by atoms with Crippen molar-refractivity contribution in [2.45, 2.75) is 245 Å². The van der Waals surface area contributed by atoms with Crippen LogP contribution in [0.4, 0.5) is 0 Å². The summed E-state index contributed by atoms with van der Waals surface area (Å²) in [4.78, 5) is 14.3. The van der Waals surface area contributed by atoms with Crippen LogP contribution in [0.2, 0.25) is 0 Å². The highest BCUT2D eigenvalue weighted by atomic mass is 16.7. The maximum Gasteiger partial charge on any atom is 0.316 e. The molecule has 432 valence electrons. The third kappa shape index (κ3) is 14.9. The Morgan fingerprint density at radius 3 is 2.26 bits per heavy atom. The van der Waals surface area contributed by atoms with E-state index in [-0.39, 0.29) is 42.7 Å². The number of esters is 1. The topological polar surface area (TPSA) is 170 Å². The minimum absolute atomic E-state index is 0.0317. The first kappa shape index (κ1) is 61.5. The summed E-state index contributed by atoms with van der Waals surface area (Å²) < 4.78 is 63.7. The van der Waals surface area contributed by atoms with Crippen molar-refractivity contribution in [1.29, 1.82) is 0 Å². The van der Waals surface area contributed by atoms with E-state index in [0.717, 1.165) is 24.8 Å². The highest BCUT2D eigenvalue weighted by Gasteiger charge is 2.60. The summed E-state index contributed by atoms with van der Waals surface area (Å²) in [6.07, 6.45) is 22.7. The molecule has 1 spiro atoms. The van der Waals surface area contributed by atoms with Crippen molar-refractivity contribution in [3.05, 3.63) is 94.7 Å². The number of methoxy groups -OCH3 is 2. The number of hydrogen-bond acceptors (Lipinski definition) is 14. The predicted octanol–water partition coefficient (Wildman–Crippen LogP) is 10.4. The second-order valence-electron chi connectivity index (χ2n) is 24.4. The van der Waals surface area contributed by atoms with Gasteiger partial charge in [-0.05, 0) is 108 Å². The van der Waals surface area contributed by atoms with Crippen LogP contribution in [-0.2, 0) is 52.2 Å². The van der Waals surface area contributed by atoms with Crippen molar-refractivity contribution < 1.29 is 67.5 Å². The zero-order chi connectivity index (χ0) is 56.0. The Hall–Kier alpha value is -3.09. The summed E-state index contributed by atoms with van der Waals surface area (Å²) in [5.41, 5.74) is 3.47. The number of aliphatic hydroxyl groups excluding tert-OH is 2. The molecule has 4 saturated heterocycles. The van der Waals surface area contributed by atoms with E-state index in [1.807, 2.05) is 32.1 Å². The monoisotopic (exact) mass is 1080 g/mol.